The average Bonchev–Trinajstić information content (AvgIpc) is 2.66. The Morgan fingerprint density at radius 3 is 2.73 bits per heavy atom. The highest BCUT2D eigenvalue weighted by molar-refractivity contribution is 7.80. The predicted octanol–water partition coefficient (Wildman–Crippen LogP) is 2.71. The monoisotopic (exact) mass is 228 g/mol. The first-order chi connectivity index (χ1) is 7.25. The van der Waals surface area contributed by atoms with Crippen LogP contribution in [-0.4, -0.2) is 29.0 Å². The number of rotatable bonds is 7. The number of hydrogen-bond acceptors (Lipinski definition) is 2. The van der Waals surface area contributed by atoms with Gasteiger partial charge in [-0.05, 0) is 32.4 Å². The molecule has 3 heteroatoms. The quantitative estimate of drug-likeness (QED) is 0.536. The summed E-state index contributed by atoms with van der Waals surface area (Å²) < 4.78 is 0. The number of nitrogens with two attached hydrogens (primary N) is 1. The van der Waals surface area contributed by atoms with Gasteiger partial charge >= 0.3 is 0 Å². The second kappa shape index (κ2) is 7.18. The number of unbranched alkanes of at least 4 members (excludes halogenated alkanes) is 4. The van der Waals surface area contributed by atoms with E-state index in [-0.39, 0.29) is 0 Å². The van der Waals surface area contributed by atoms with E-state index in [4.69, 9.17) is 18.0 Å². The number of hydrogen-bond donors (Lipinski definition) is 1. The minimum absolute atomic E-state index is 0.395. The van der Waals surface area contributed by atoms with Gasteiger partial charge in [0, 0.05) is 0 Å². The van der Waals surface area contributed by atoms with Crippen LogP contribution < -0.4 is 5.73 Å². The zero-order chi connectivity index (χ0) is 11.1. The van der Waals surface area contributed by atoms with E-state index in [9.17, 15) is 0 Å². The fraction of sp³-hybridized carbons (Fsp3) is 0.917. The van der Waals surface area contributed by atoms with Gasteiger partial charge in [0.15, 0.2) is 0 Å². The zero-order valence-electron chi connectivity index (χ0n) is 9.87. The SMILES string of the molecule is CCCCCCCN1CCCC1C(N)=S. The summed E-state index contributed by atoms with van der Waals surface area (Å²) in [6.45, 7) is 4.63. The summed E-state index contributed by atoms with van der Waals surface area (Å²) in [6, 6.07) is 0.395. The van der Waals surface area contributed by atoms with Crippen LogP contribution in [0.2, 0.25) is 0 Å². The summed E-state index contributed by atoms with van der Waals surface area (Å²) in [5.41, 5.74) is 5.73. The highest BCUT2D eigenvalue weighted by Crippen LogP contribution is 2.18. The maximum Gasteiger partial charge on any atom is 0.0902 e. The third-order valence-electron chi connectivity index (χ3n) is 3.24. The summed E-state index contributed by atoms with van der Waals surface area (Å²) in [4.78, 5) is 3.16. The van der Waals surface area contributed by atoms with Crippen molar-refractivity contribution in [3.8, 4) is 0 Å². The largest absolute Gasteiger partial charge is 0.392 e. The van der Waals surface area contributed by atoms with Gasteiger partial charge in [0.1, 0.15) is 0 Å². The standard InChI is InChI=1S/C12H24N2S/c1-2-3-4-5-6-9-14-10-7-8-11(14)12(13)15/h11H,2-10H2,1H3,(H2,13,15). The van der Waals surface area contributed by atoms with Gasteiger partial charge in [0.25, 0.3) is 0 Å². The zero-order valence-corrected chi connectivity index (χ0v) is 10.7. The molecule has 15 heavy (non-hydrogen) atoms. The van der Waals surface area contributed by atoms with Gasteiger partial charge in [-0.25, -0.2) is 0 Å². The van der Waals surface area contributed by atoms with Crippen molar-refractivity contribution >= 4 is 17.2 Å². The van der Waals surface area contributed by atoms with Crippen molar-refractivity contribution in [2.24, 2.45) is 5.73 Å². The van der Waals surface area contributed by atoms with Gasteiger partial charge in [-0.2, -0.15) is 0 Å². The Balaban J connectivity index is 2.12. The van der Waals surface area contributed by atoms with Crippen LogP contribution in [0.3, 0.4) is 0 Å². The minimum Gasteiger partial charge on any atom is -0.392 e. The molecule has 1 fully saturated rings. The minimum atomic E-state index is 0.395. The Morgan fingerprint density at radius 1 is 1.33 bits per heavy atom. The van der Waals surface area contributed by atoms with Gasteiger partial charge in [-0.15, -0.1) is 0 Å². The van der Waals surface area contributed by atoms with Crippen molar-refractivity contribution in [1.29, 1.82) is 0 Å². The molecule has 0 aromatic rings. The third kappa shape index (κ3) is 4.47. The van der Waals surface area contributed by atoms with Gasteiger partial charge < -0.3 is 5.73 Å². The maximum absolute atomic E-state index is 5.73. The molecule has 0 aromatic carbocycles. The van der Waals surface area contributed by atoms with Gasteiger partial charge in [0.2, 0.25) is 0 Å². The average molecular weight is 228 g/mol. The molecular formula is C12H24N2S. The van der Waals surface area contributed by atoms with Gasteiger partial charge in [-0.1, -0.05) is 44.8 Å². The first-order valence-corrected chi connectivity index (χ1v) is 6.70. The van der Waals surface area contributed by atoms with E-state index in [1.165, 1.54) is 58.0 Å². The highest BCUT2D eigenvalue weighted by atomic mass is 32.1. The van der Waals surface area contributed by atoms with E-state index in [0.717, 1.165) is 0 Å². The number of thiocarbonyl (C=S) groups is 1. The number of likely N-dealkylation sites (tertiary alicyclic amines) is 1. The molecule has 0 saturated carbocycles. The summed E-state index contributed by atoms with van der Waals surface area (Å²) in [5.74, 6) is 0. The Morgan fingerprint density at radius 2 is 2.07 bits per heavy atom. The second-order valence-electron chi connectivity index (χ2n) is 4.51. The van der Waals surface area contributed by atoms with Crippen LogP contribution in [0.15, 0.2) is 0 Å². The van der Waals surface area contributed by atoms with E-state index in [1.807, 2.05) is 0 Å². The lowest BCUT2D eigenvalue weighted by Crippen LogP contribution is -2.39. The molecule has 0 aliphatic carbocycles. The molecule has 1 atom stereocenters. The third-order valence-corrected chi connectivity index (χ3v) is 3.51. The summed E-state index contributed by atoms with van der Waals surface area (Å²) in [7, 11) is 0. The molecule has 1 unspecified atom stereocenters. The second-order valence-corrected chi connectivity index (χ2v) is 4.98. The molecule has 0 amide bonds. The van der Waals surface area contributed by atoms with Crippen LogP contribution in [-0.2, 0) is 0 Å². The molecule has 1 aliphatic heterocycles. The summed E-state index contributed by atoms with van der Waals surface area (Å²) in [5, 5.41) is 0. The molecule has 1 rings (SSSR count). The first-order valence-electron chi connectivity index (χ1n) is 6.29. The van der Waals surface area contributed by atoms with Crippen LogP contribution in [0.4, 0.5) is 0 Å². The van der Waals surface area contributed by atoms with Crippen molar-refractivity contribution in [3.05, 3.63) is 0 Å². The molecule has 1 saturated heterocycles. The van der Waals surface area contributed by atoms with E-state index < -0.39 is 0 Å². The molecule has 2 nitrogen and oxygen atoms in total. The van der Waals surface area contributed by atoms with Crippen LogP contribution in [0.25, 0.3) is 0 Å². The van der Waals surface area contributed by atoms with Gasteiger partial charge in [-0.3, -0.25) is 4.90 Å². The topological polar surface area (TPSA) is 29.3 Å². The van der Waals surface area contributed by atoms with Crippen LogP contribution in [0.1, 0.15) is 51.9 Å². The van der Waals surface area contributed by atoms with E-state index in [1.54, 1.807) is 0 Å². The Hall–Kier alpha value is -0.150. The summed E-state index contributed by atoms with van der Waals surface area (Å²) in [6.07, 6.45) is 9.16. The van der Waals surface area contributed by atoms with Crippen molar-refractivity contribution in [3.63, 3.8) is 0 Å². The molecule has 2 N–H and O–H groups in total. The van der Waals surface area contributed by atoms with Crippen molar-refractivity contribution < 1.29 is 0 Å². The van der Waals surface area contributed by atoms with E-state index in [0.29, 0.717) is 11.0 Å². The fourth-order valence-corrected chi connectivity index (χ4v) is 2.60. The predicted molar refractivity (Wildman–Crippen MR) is 70.1 cm³/mol. The molecule has 1 aliphatic rings. The van der Waals surface area contributed by atoms with Crippen LogP contribution in [0, 0.1) is 0 Å². The van der Waals surface area contributed by atoms with Crippen molar-refractivity contribution in [2.45, 2.75) is 57.9 Å². The Kier molecular flexibility index (Phi) is 6.18. The normalized spacial score (nSPS) is 22.1. The fourth-order valence-electron chi connectivity index (χ4n) is 2.33. The molecule has 0 aromatic heterocycles. The molecule has 0 radical (unpaired) electrons. The Bertz CT molecular complexity index is 194. The molecule has 88 valence electrons. The molecule has 1 heterocycles. The highest BCUT2D eigenvalue weighted by Gasteiger charge is 2.25. The van der Waals surface area contributed by atoms with E-state index in [2.05, 4.69) is 11.8 Å². The first kappa shape index (κ1) is 12.9. The summed E-state index contributed by atoms with van der Waals surface area (Å²) >= 11 is 5.09. The van der Waals surface area contributed by atoms with Crippen molar-refractivity contribution in [2.75, 3.05) is 13.1 Å². The molecular weight excluding hydrogens is 204 g/mol. The smallest absolute Gasteiger partial charge is 0.0902 e. The van der Waals surface area contributed by atoms with Crippen molar-refractivity contribution in [1.82, 2.24) is 4.90 Å². The number of nitrogens with zero attached hydrogens (tertiary/aromatic N) is 1. The Labute approximate surface area is 99.2 Å². The lowest BCUT2D eigenvalue weighted by molar-refractivity contribution is 0.295. The van der Waals surface area contributed by atoms with Crippen LogP contribution >= 0.6 is 12.2 Å². The lowest BCUT2D eigenvalue weighted by Gasteiger charge is -2.23. The van der Waals surface area contributed by atoms with E-state index >= 15 is 0 Å². The lowest BCUT2D eigenvalue weighted by atomic mass is 10.1. The molecule has 0 spiro atoms. The maximum atomic E-state index is 5.73. The van der Waals surface area contributed by atoms with Gasteiger partial charge in [0.05, 0.1) is 11.0 Å². The van der Waals surface area contributed by atoms with Crippen LogP contribution in [0.5, 0.6) is 0 Å². The molecule has 0 bridgehead atoms.